The molecule has 2 atom stereocenters. The van der Waals surface area contributed by atoms with Crippen molar-refractivity contribution in [3.8, 4) is 0 Å². The van der Waals surface area contributed by atoms with Crippen LogP contribution in [-0.4, -0.2) is 28.1 Å². The first-order chi connectivity index (χ1) is 11.1. The summed E-state index contributed by atoms with van der Waals surface area (Å²) in [5, 5.41) is 9.41. The number of carboxylic acids is 1. The topological polar surface area (TPSA) is 40.5 Å². The minimum Gasteiger partial charge on any atom is -0.478 e. The van der Waals surface area contributed by atoms with Crippen molar-refractivity contribution >= 4 is 5.97 Å². The fraction of sp³-hybridized carbons (Fsp3) is 0.350. The van der Waals surface area contributed by atoms with Crippen LogP contribution in [0.5, 0.6) is 0 Å². The Hall–Kier alpha value is -2.13. The molecule has 3 nitrogen and oxygen atoms in total. The van der Waals surface area contributed by atoms with Crippen molar-refractivity contribution in [2.45, 2.75) is 44.8 Å². The molecule has 23 heavy (non-hydrogen) atoms. The van der Waals surface area contributed by atoms with E-state index in [0.717, 1.165) is 24.8 Å². The van der Waals surface area contributed by atoms with Crippen molar-refractivity contribution in [3.05, 3.63) is 72.4 Å². The van der Waals surface area contributed by atoms with E-state index < -0.39 is 5.97 Å². The van der Waals surface area contributed by atoms with E-state index in [1.165, 1.54) is 5.57 Å². The molecule has 0 aromatic heterocycles. The molecule has 0 spiro atoms. The summed E-state index contributed by atoms with van der Waals surface area (Å²) in [7, 11) is 0. The van der Waals surface area contributed by atoms with Crippen LogP contribution in [0.1, 0.15) is 42.1 Å². The van der Waals surface area contributed by atoms with Gasteiger partial charge in [-0.3, -0.25) is 4.90 Å². The second kappa shape index (κ2) is 7.93. The molecule has 0 unspecified atom stereocenters. The fourth-order valence-electron chi connectivity index (χ4n) is 3.35. The van der Waals surface area contributed by atoms with Crippen LogP contribution in [0.3, 0.4) is 0 Å². The molecule has 1 aliphatic rings. The van der Waals surface area contributed by atoms with Gasteiger partial charge in [-0.25, -0.2) is 4.79 Å². The van der Waals surface area contributed by atoms with Crippen molar-refractivity contribution in [2.75, 3.05) is 0 Å². The number of benzene rings is 1. The molecule has 1 heterocycles. The minimum absolute atomic E-state index is 0.257. The Morgan fingerprint density at radius 3 is 2.65 bits per heavy atom. The molecule has 122 valence electrons. The number of carbonyl (C=O) groups is 1. The van der Waals surface area contributed by atoms with Crippen LogP contribution in [-0.2, 0) is 6.54 Å². The average molecular weight is 311 g/mol. The molecule has 0 aliphatic carbocycles. The van der Waals surface area contributed by atoms with Gasteiger partial charge in [0.05, 0.1) is 5.56 Å². The van der Waals surface area contributed by atoms with E-state index in [9.17, 15) is 9.90 Å². The Labute approximate surface area is 138 Å². The number of rotatable bonds is 7. The third-order valence-corrected chi connectivity index (χ3v) is 4.38. The third kappa shape index (κ3) is 4.20. The summed E-state index contributed by atoms with van der Waals surface area (Å²) in [5.74, 6) is -0.870. The van der Waals surface area contributed by atoms with Crippen LogP contribution in [0.25, 0.3) is 0 Å². The van der Waals surface area contributed by atoms with E-state index in [0.29, 0.717) is 18.2 Å². The Kier molecular flexibility index (Phi) is 5.94. The van der Waals surface area contributed by atoms with Gasteiger partial charge >= 0.3 is 5.97 Å². The highest BCUT2D eigenvalue weighted by Crippen LogP contribution is 2.29. The number of nitrogens with zero attached hydrogens (tertiary/aromatic N) is 1. The SMILES string of the molecule is C=CC[C@H]1CC(C)=C[C@H](CC=C)N1Cc1ccccc1C(=O)O. The molecular formula is C20H25NO2. The largest absolute Gasteiger partial charge is 0.478 e. The van der Waals surface area contributed by atoms with Crippen molar-refractivity contribution < 1.29 is 9.90 Å². The summed E-state index contributed by atoms with van der Waals surface area (Å²) < 4.78 is 0. The maximum atomic E-state index is 11.5. The van der Waals surface area contributed by atoms with Gasteiger partial charge in [0.1, 0.15) is 0 Å². The van der Waals surface area contributed by atoms with Gasteiger partial charge in [-0.15, -0.1) is 13.2 Å². The fourth-order valence-corrected chi connectivity index (χ4v) is 3.35. The molecule has 0 amide bonds. The highest BCUT2D eigenvalue weighted by molar-refractivity contribution is 5.89. The van der Waals surface area contributed by atoms with E-state index >= 15 is 0 Å². The van der Waals surface area contributed by atoms with Gasteiger partial charge in [0.2, 0.25) is 0 Å². The molecule has 1 aromatic rings. The zero-order valence-electron chi connectivity index (χ0n) is 13.7. The highest BCUT2D eigenvalue weighted by Gasteiger charge is 2.29. The average Bonchev–Trinajstić information content (AvgIpc) is 2.51. The van der Waals surface area contributed by atoms with Gasteiger partial charge in [-0.05, 0) is 37.8 Å². The lowest BCUT2D eigenvalue weighted by Crippen LogP contribution is -2.44. The van der Waals surface area contributed by atoms with E-state index in [4.69, 9.17) is 0 Å². The van der Waals surface area contributed by atoms with Gasteiger partial charge in [-0.1, -0.05) is 42.0 Å². The molecule has 0 saturated carbocycles. The number of hydrogen-bond acceptors (Lipinski definition) is 2. The maximum absolute atomic E-state index is 11.5. The van der Waals surface area contributed by atoms with Gasteiger partial charge < -0.3 is 5.11 Å². The van der Waals surface area contributed by atoms with Crippen LogP contribution in [0.4, 0.5) is 0 Å². The third-order valence-electron chi connectivity index (χ3n) is 4.38. The summed E-state index contributed by atoms with van der Waals surface area (Å²) in [6, 6.07) is 7.86. The maximum Gasteiger partial charge on any atom is 0.336 e. The van der Waals surface area contributed by atoms with Gasteiger partial charge in [-0.2, -0.15) is 0 Å². The summed E-state index contributed by atoms with van der Waals surface area (Å²) in [4.78, 5) is 13.9. The summed E-state index contributed by atoms with van der Waals surface area (Å²) in [5.41, 5.74) is 2.62. The lowest BCUT2D eigenvalue weighted by molar-refractivity contribution is 0.0691. The summed E-state index contributed by atoms with van der Waals surface area (Å²) >= 11 is 0. The van der Waals surface area contributed by atoms with Crippen LogP contribution in [0.2, 0.25) is 0 Å². The molecule has 2 rings (SSSR count). The molecular weight excluding hydrogens is 286 g/mol. The first kappa shape index (κ1) is 17.2. The molecule has 0 bridgehead atoms. The Bertz CT molecular complexity index is 618. The molecule has 0 fully saturated rings. The first-order valence-corrected chi connectivity index (χ1v) is 8.02. The van der Waals surface area contributed by atoms with E-state index in [1.807, 2.05) is 24.3 Å². The van der Waals surface area contributed by atoms with E-state index in [-0.39, 0.29) is 6.04 Å². The summed E-state index contributed by atoms with van der Waals surface area (Å²) in [6.07, 6.45) is 8.92. The quantitative estimate of drug-likeness (QED) is 0.757. The first-order valence-electron chi connectivity index (χ1n) is 8.02. The smallest absolute Gasteiger partial charge is 0.336 e. The zero-order valence-corrected chi connectivity index (χ0v) is 13.7. The van der Waals surface area contributed by atoms with Crippen LogP contribution < -0.4 is 0 Å². The van der Waals surface area contributed by atoms with Crippen molar-refractivity contribution in [1.29, 1.82) is 0 Å². The monoisotopic (exact) mass is 311 g/mol. The highest BCUT2D eigenvalue weighted by atomic mass is 16.4. The van der Waals surface area contributed by atoms with Crippen LogP contribution >= 0.6 is 0 Å². The van der Waals surface area contributed by atoms with Gasteiger partial charge in [0, 0.05) is 18.6 Å². The van der Waals surface area contributed by atoms with Gasteiger partial charge in [0.15, 0.2) is 0 Å². The Morgan fingerprint density at radius 2 is 2.00 bits per heavy atom. The van der Waals surface area contributed by atoms with E-state index in [2.05, 4.69) is 31.1 Å². The van der Waals surface area contributed by atoms with Crippen LogP contribution in [0.15, 0.2) is 61.2 Å². The number of carboxylic acid groups (broad SMARTS) is 1. The van der Waals surface area contributed by atoms with Crippen LogP contribution in [0, 0.1) is 0 Å². The summed E-state index contributed by atoms with van der Waals surface area (Å²) in [6.45, 7) is 10.5. The molecule has 1 aromatic carbocycles. The normalized spacial score (nSPS) is 21.5. The van der Waals surface area contributed by atoms with Crippen molar-refractivity contribution in [1.82, 2.24) is 4.90 Å². The molecule has 1 N–H and O–H groups in total. The zero-order chi connectivity index (χ0) is 16.8. The standard InChI is InChI=1S/C20H25NO2/c1-4-8-17-12-15(3)13-18(9-5-2)21(17)14-16-10-6-7-11-19(16)20(22)23/h4-7,10-12,17-18H,1-2,8-9,13-14H2,3H3,(H,22,23)/t17-,18-/m0/s1. The van der Waals surface area contributed by atoms with Crippen molar-refractivity contribution in [3.63, 3.8) is 0 Å². The number of aromatic carboxylic acids is 1. The Morgan fingerprint density at radius 1 is 1.30 bits per heavy atom. The predicted molar refractivity (Wildman–Crippen MR) is 94.5 cm³/mol. The lowest BCUT2D eigenvalue weighted by atomic mass is 9.91. The Balaban J connectivity index is 2.34. The second-order valence-electron chi connectivity index (χ2n) is 6.12. The molecule has 1 aliphatic heterocycles. The van der Waals surface area contributed by atoms with Gasteiger partial charge in [0.25, 0.3) is 0 Å². The minimum atomic E-state index is -0.870. The molecule has 0 saturated heterocycles. The lowest BCUT2D eigenvalue weighted by Gasteiger charge is -2.40. The predicted octanol–water partition coefficient (Wildman–Crippen LogP) is 4.43. The molecule has 0 radical (unpaired) electrons. The second-order valence-corrected chi connectivity index (χ2v) is 6.12. The van der Waals surface area contributed by atoms with Crippen molar-refractivity contribution in [2.24, 2.45) is 0 Å². The van der Waals surface area contributed by atoms with E-state index in [1.54, 1.807) is 12.1 Å². The molecule has 3 heteroatoms. The number of hydrogen-bond donors (Lipinski definition) is 1.